The molecule has 2 aromatic heterocycles. The summed E-state index contributed by atoms with van der Waals surface area (Å²) in [5.74, 6) is 0.330. The number of carbonyl (C=O) groups is 1. The number of hydrogen-bond acceptors (Lipinski definition) is 5. The summed E-state index contributed by atoms with van der Waals surface area (Å²) in [5.41, 5.74) is 3.73. The molecule has 0 unspecified atom stereocenters. The molecule has 1 fully saturated rings. The number of carbonyl (C=O) groups excluding carboxylic acids is 1. The Morgan fingerprint density at radius 2 is 1.72 bits per heavy atom. The van der Waals surface area contributed by atoms with Crippen LogP contribution in [-0.2, 0) is 6.54 Å². The van der Waals surface area contributed by atoms with Crippen LogP contribution in [0, 0.1) is 11.7 Å². The molecular weight excluding hydrogens is 513 g/mol. The quantitative estimate of drug-likeness (QED) is 0.234. The molecule has 0 saturated heterocycles. The van der Waals surface area contributed by atoms with Gasteiger partial charge in [0.15, 0.2) is 5.13 Å². The molecule has 5 aromatic rings. The van der Waals surface area contributed by atoms with E-state index in [4.69, 9.17) is 0 Å². The Morgan fingerprint density at radius 3 is 2.54 bits per heavy atom. The smallest absolute Gasteiger partial charge is 0.308 e. The average Bonchev–Trinajstić information content (AvgIpc) is 3.36. The van der Waals surface area contributed by atoms with Gasteiger partial charge >= 0.3 is 6.03 Å². The molecule has 9 heteroatoms. The standard InChI is InChI=1S/C30H28FN5O2S/c31-22-8-10-23(11-9-22)33-29(38)35-30-34-26-17-21(7-13-27(26)39-30)20-6-12-25-24(16-20)28(37)36(18-32-25)15-14-19-4-2-1-3-5-19/h6-13,16-19H,1-5,14-15H2,(H2,33,34,35,38). The molecule has 6 rings (SSSR count). The molecule has 39 heavy (non-hydrogen) atoms. The first-order valence-corrected chi connectivity index (χ1v) is 14.1. The van der Waals surface area contributed by atoms with Crippen LogP contribution in [0.2, 0.25) is 0 Å². The van der Waals surface area contributed by atoms with Crippen molar-refractivity contribution in [2.45, 2.75) is 45.1 Å². The summed E-state index contributed by atoms with van der Waals surface area (Å²) < 4.78 is 15.8. The predicted octanol–water partition coefficient (Wildman–Crippen LogP) is 7.43. The van der Waals surface area contributed by atoms with E-state index in [1.54, 1.807) is 10.9 Å². The minimum absolute atomic E-state index is 0.00829. The van der Waals surface area contributed by atoms with Crippen molar-refractivity contribution < 1.29 is 9.18 Å². The third-order valence-corrected chi connectivity index (χ3v) is 8.32. The number of rotatable bonds is 6. The average molecular weight is 542 g/mol. The molecule has 2 heterocycles. The molecule has 0 radical (unpaired) electrons. The summed E-state index contributed by atoms with van der Waals surface area (Å²) >= 11 is 1.36. The number of fused-ring (bicyclic) bond motifs is 2. The third-order valence-electron chi connectivity index (χ3n) is 7.37. The third kappa shape index (κ3) is 5.68. The molecule has 7 nitrogen and oxygen atoms in total. The number of halogens is 1. The number of aromatic nitrogens is 3. The van der Waals surface area contributed by atoms with E-state index in [1.165, 1.54) is 67.7 Å². The van der Waals surface area contributed by atoms with Gasteiger partial charge in [-0.1, -0.05) is 55.6 Å². The molecule has 0 spiro atoms. The van der Waals surface area contributed by atoms with Crippen LogP contribution in [0.4, 0.5) is 20.0 Å². The van der Waals surface area contributed by atoms with Crippen LogP contribution in [-0.4, -0.2) is 20.6 Å². The minimum Gasteiger partial charge on any atom is -0.308 e. The zero-order valence-electron chi connectivity index (χ0n) is 21.3. The van der Waals surface area contributed by atoms with Crippen LogP contribution < -0.4 is 16.2 Å². The van der Waals surface area contributed by atoms with Gasteiger partial charge in [-0.3, -0.25) is 14.7 Å². The monoisotopic (exact) mass is 541 g/mol. The first-order chi connectivity index (χ1) is 19.0. The molecule has 198 valence electrons. The molecule has 0 atom stereocenters. The van der Waals surface area contributed by atoms with Gasteiger partial charge in [0, 0.05) is 12.2 Å². The number of anilines is 2. The van der Waals surface area contributed by atoms with E-state index in [2.05, 4.69) is 20.6 Å². The molecule has 1 aliphatic rings. The van der Waals surface area contributed by atoms with E-state index < -0.39 is 6.03 Å². The highest BCUT2D eigenvalue weighted by Gasteiger charge is 2.15. The minimum atomic E-state index is -0.456. The van der Waals surface area contributed by atoms with Gasteiger partial charge in [0.1, 0.15) is 5.82 Å². The Bertz CT molecular complexity index is 1710. The second kappa shape index (κ2) is 10.9. The Balaban J connectivity index is 1.20. The lowest BCUT2D eigenvalue weighted by Crippen LogP contribution is -2.22. The highest BCUT2D eigenvalue weighted by molar-refractivity contribution is 7.22. The first-order valence-electron chi connectivity index (χ1n) is 13.3. The zero-order valence-corrected chi connectivity index (χ0v) is 22.1. The number of thiazole rings is 1. The van der Waals surface area contributed by atoms with Crippen molar-refractivity contribution in [1.29, 1.82) is 0 Å². The van der Waals surface area contributed by atoms with Gasteiger partial charge in [-0.2, -0.15) is 0 Å². The van der Waals surface area contributed by atoms with Crippen molar-refractivity contribution >= 4 is 49.3 Å². The largest absolute Gasteiger partial charge is 0.325 e. The van der Waals surface area contributed by atoms with Gasteiger partial charge in [0.25, 0.3) is 5.56 Å². The Kier molecular flexibility index (Phi) is 7.06. The molecule has 1 saturated carbocycles. The fourth-order valence-electron chi connectivity index (χ4n) is 5.25. The fraction of sp³-hybridized carbons (Fsp3) is 0.267. The SMILES string of the molecule is O=C(Nc1ccc(F)cc1)Nc1nc2cc(-c3ccc4ncn(CCC5CCCCC5)c(=O)c4c3)ccc2s1. The van der Waals surface area contributed by atoms with E-state index in [0.717, 1.165) is 27.8 Å². The summed E-state index contributed by atoms with van der Waals surface area (Å²) in [6.07, 6.45) is 9.13. The van der Waals surface area contributed by atoms with Crippen molar-refractivity contribution in [2.24, 2.45) is 5.92 Å². The van der Waals surface area contributed by atoms with Gasteiger partial charge in [-0.25, -0.2) is 19.2 Å². The topological polar surface area (TPSA) is 88.9 Å². The molecular formula is C30H28FN5O2S. The van der Waals surface area contributed by atoms with E-state index in [1.807, 2.05) is 36.4 Å². The molecule has 2 N–H and O–H groups in total. The lowest BCUT2D eigenvalue weighted by Gasteiger charge is -2.21. The van der Waals surface area contributed by atoms with E-state index in [0.29, 0.717) is 34.2 Å². The maximum Gasteiger partial charge on any atom is 0.325 e. The summed E-state index contributed by atoms with van der Waals surface area (Å²) in [7, 11) is 0. The van der Waals surface area contributed by atoms with E-state index in [-0.39, 0.29) is 11.4 Å². The van der Waals surface area contributed by atoms with Crippen LogP contribution >= 0.6 is 11.3 Å². The van der Waals surface area contributed by atoms with E-state index in [9.17, 15) is 14.0 Å². The summed E-state index contributed by atoms with van der Waals surface area (Å²) in [5, 5.41) is 6.46. The number of nitrogens with zero attached hydrogens (tertiary/aromatic N) is 3. The summed E-state index contributed by atoms with van der Waals surface area (Å²) in [6.45, 7) is 0.700. The maximum atomic E-state index is 13.3. The van der Waals surface area contributed by atoms with Gasteiger partial charge < -0.3 is 5.32 Å². The molecule has 0 bridgehead atoms. The van der Waals surface area contributed by atoms with Crippen LogP contribution in [0.3, 0.4) is 0 Å². The molecule has 1 aliphatic carbocycles. The second-order valence-electron chi connectivity index (χ2n) is 10.1. The number of benzene rings is 3. The van der Waals surface area contributed by atoms with Crippen LogP contribution in [0.5, 0.6) is 0 Å². The van der Waals surface area contributed by atoms with Gasteiger partial charge in [0.2, 0.25) is 0 Å². The predicted molar refractivity (Wildman–Crippen MR) is 155 cm³/mol. The molecule has 2 amide bonds. The van der Waals surface area contributed by atoms with Crippen LogP contribution in [0.15, 0.2) is 71.8 Å². The van der Waals surface area contributed by atoms with Crippen molar-refractivity contribution in [3.8, 4) is 11.1 Å². The number of nitrogens with one attached hydrogen (secondary N) is 2. The van der Waals surface area contributed by atoms with Crippen molar-refractivity contribution in [3.05, 3.63) is 83.2 Å². The second-order valence-corrected chi connectivity index (χ2v) is 11.1. The number of amides is 2. The molecule has 0 aliphatic heterocycles. The Labute approximate surface area is 228 Å². The highest BCUT2D eigenvalue weighted by Crippen LogP contribution is 2.31. The maximum absolute atomic E-state index is 13.3. The Hall–Kier alpha value is -4.11. The zero-order chi connectivity index (χ0) is 26.8. The van der Waals surface area contributed by atoms with Gasteiger partial charge in [-0.05, 0) is 72.0 Å². The van der Waals surface area contributed by atoms with Crippen molar-refractivity contribution in [1.82, 2.24) is 14.5 Å². The van der Waals surface area contributed by atoms with E-state index >= 15 is 0 Å². The first kappa shape index (κ1) is 25.2. The number of urea groups is 1. The Morgan fingerprint density at radius 1 is 0.949 bits per heavy atom. The van der Waals surface area contributed by atoms with Crippen LogP contribution in [0.25, 0.3) is 32.2 Å². The summed E-state index contributed by atoms with van der Waals surface area (Å²) in [4.78, 5) is 34.8. The summed E-state index contributed by atoms with van der Waals surface area (Å²) in [6, 6.07) is 16.7. The normalized spacial score (nSPS) is 14.1. The highest BCUT2D eigenvalue weighted by atomic mass is 32.1. The van der Waals surface area contributed by atoms with Gasteiger partial charge in [0.05, 0.1) is 27.4 Å². The molecule has 3 aromatic carbocycles. The number of hydrogen-bond donors (Lipinski definition) is 2. The fourth-order valence-corrected chi connectivity index (χ4v) is 6.09. The van der Waals surface area contributed by atoms with Crippen LogP contribution in [0.1, 0.15) is 38.5 Å². The lowest BCUT2D eigenvalue weighted by molar-refractivity contribution is 0.262. The van der Waals surface area contributed by atoms with Crippen molar-refractivity contribution in [2.75, 3.05) is 10.6 Å². The van der Waals surface area contributed by atoms with Gasteiger partial charge in [-0.15, -0.1) is 0 Å². The number of aryl methyl sites for hydroxylation is 1. The van der Waals surface area contributed by atoms with Crippen molar-refractivity contribution in [3.63, 3.8) is 0 Å². The lowest BCUT2D eigenvalue weighted by atomic mass is 9.87.